The number of rotatable bonds is 1. The number of phenolic OH excluding ortho intramolecular Hbond substituents is 1. The molecule has 0 radical (unpaired) electrons. The first-order valence-electron chi connectivity index (χ1n) is 5.08. The molecule has 0 spiro atoms. The number of fused-ring (bicyclic) bond motifs is 1. The van der Waals surface area contributed by atoms with E-state index in [4.69, 9.17) is 4.52 Å². The highest BCUT2D eigenvalue weighted by atomic mass is 79.9. The summed E-state index contributed by atoms with van der Waals surface area (Å²) in [6, 6.07) is 12.7. The first kappa shape index (κ1) is 10.4. The van der Waals surface area contributed by atoms with Gasteiger partial charge in [-0.25, -0.2) is 0 Å². The maximum atomic E-state index is 9.47. The quantitative estimate of drug-likeness (QED) is 0.737. The molecule has 1 heterocycles. The fraction of sp³-hybridized carbons (Fsp3) is 0. The standard InChI is InChI=1S/C13H8BrNO2/c14-9-4-5-12-11(7-9)13(15-17-12)8-2-1-3-10(16)6-8/h1-7,16H. The average molecular weight is 290 g/mol. The van der Waals surface area contributed by atoms with Crippen LogP contribution in [0.1, 0.15) is 0 Å². The molecule has 1 aromatic heterocycles. The van der Waals surface area contributed by atoms with Gasteiger partial charge in [0, 0.05) is 10.0 Å². The van der Waals surface area contributed by atoms with E-state index in [0.29, 0.717) is 0 Å². The molecule has 0 unspecified atom stereocenters. The van der Waals surface area contributed by atoms with Crippen molar-refractivity contribution in [2.24, 2.45) is 0 Å². The Bertz CT molecular complexity index is 691. The van der Waals surface area contributed by atoms with Crippen LogP contribution >= 0.6 is 15.9 Å². The molecule has 0 aliphatic rings. The molecule has 3 rings (SSSR count). The van der Waals surface area contributed by atoms with Crippen molar-refractivity contribution in [2.45, 2.75) is 0 Å². The summed E-state index contributed by atoms with van der Waals surface area (Å²) in [5, 5.41) is 14.4. The van der Waals surface area contributed by atoms with Crippen molar-refractivity contribution in [1.82, 2.24) is 5.16 Å². The molecule has 0 aliphatic heterocycles. The van der Waals surface area contributed by atoms with E-state index < -0.39 is 0 Å². The summed E-state index contributed by atoms with van der Waals surface area (Å²) in [5.74, 6) is 0.216. The monoisotopic (exact) mass is 289 g/mol. The molecule has 0 atom stereocenters. The van der Waals surface area contributed by atoms with E-state index >= 15 is 0 Å². The van der Waals surface area contributed by atoms with Crippen molar-refractivity contribution in [3.8, 4) is 17.0 Å². The number of aromatic hydroxyl groups is 1. The van der Waals surface area contributed by atoms with E-state index in [2.05, 4.69) is 21.1 Å². The molecule has 0 saturated heterocycles. The van der Waals surface area contributed by atoms with Crippen molar-refractivity contribution in [2.75, 3.05) is 0 Å². The van der Waals surface area contributed by atoms with Gasteiger partial charge in [-0.05, 0) is 30.3 Å². The van der Waals surface area contributed by atoms with Crippen LogP contribution in [0.2, 0.25) is 0 Å². The summed E-state index contributed by atoms with van der Waals surface area (Å²) >= 11 is 3.42. The third-order valence-electron chi connectivity index (χ3n) is 2.55. The molecule has 4 heteroatoms. The normalized spacial score (nSPS) is 10.9. The Morgan fingerprint density at radius 2 is 2.00 bits per heavy atom. The Morgan fingerprint density at radius 3 is 2.82 bits per heavy atom. The molecular weight excluding hydrogens is 282 g/mol. The summed E-state index contributed by atoms with van der Waals surface area (Å²) in [6.07, 6.45) is 0. The van der Waals surface area contributed by atoms with E-state index in [9.17, 15) is 5.11 Å². The van der Waals surface area contributed by atoms with Crippen LogP contribution in [0.5, 0.6) is 5.75 Å². The fourth-order valence-electron chi connectivity index (χ4n) is 1.77. The molecule has 17 heavy (non-hydrogen) atoms. The second-order valence-electron chi connectivity index (χ2n) is 3.72. The molecule has 0 saturated carbocycles. The van der Waals surface area contributed by atoms with Gasteiger partial charge < -0.3 is 9.63 Å². The van der Waals surface area contributed by atoms with Crippen LogP contribution in [-0.4, -0.2) is 10.3 Å². The lowest BCUT2D eigenvalue weighted by Crippen LogP contribution is -1.78. The number of hydrogen-bond donors (Lipinski definition) is 1. The fourth-order valence-corrected chi connectivity index (χ4v) is 2.13. The van der Waals surface area contributed by atoms with E-state index in [1.165, 1.54) is 0 Å². The molecule has 0 fully saturated rings. The Hall–Kier alpha value is -1.81. The lowest BCUT2D eigenvalue weighted by molar-refractivity contribution is 0.459. The second kappa shape index (κ2) is 3.89. The Morgan fingerprint density at radius 1 is 1.12 bits per heavy atom. The number of hydrogen-bond acceptors (Lipinski definition) is 3. The van der Waals surface area contributed by atoms with Crippen molar-refractivity contribution in [3.05, 3.63) is 46.9 Å². The molecule has 3 nitrogen and oxygen atoms in total. The largest absolute Gasteiger partial charge is 0.508 e. The summed E-state index contributed by atoms with van der Waals surface area (Å²) in [7, 11) is 0. The van der Waals surface area contributed by atoms with Gasteiger partial charge >= 0.3 is 0 Å². The minimum Gasteiger partial charge on any atom is -0.508 e. The Labute approximate surface area is 106 Å². The first-order valence-corrected chi connectivity index (χ1v) is 5.88. The van der Waals surface area contributed by atoms with Gasteiger partial charge in [0.25, 0.3) is 0 Å². The first-order chi connectivity index (χ1) is 8.24. The molecule has 0 aliphatic carbocycles. The Kier molecular flexibility index (Phi) is 2.37. The van der Waals surface area contributed by atoms with E-state index in [1.807, 2.05) is 24.3 Å². The number of phenols is 1. The molecule has 3 aromatic rings. The molecular formula is C13H8BrNO2. The van der Waals surface area contributed by atoms with Crippen LogP contribution in [0.3, 0.4) is 0 Å². The van der Waals surface area contributed by atoms with Crippen LogP contribution in [0.25, 0.3) is 22.2 Å². The van der Waals surface area contributed by atoms with E-state index in [-0.39, 0.29) is 5.75 Å². The number of nitrogens with zero attached hydrogens (tertiary/aromatic N) is 1. The van der Waals surface area contributed by atoms with Gasteiger partial charge in [-0.15, -0.1) is 0 Å². The SMILES string of the molecule is Oc1cccc(-c2noc3ccc(Br)cc23)c1. The van der Waals surface area contributed by atoms with Gasteiger partial charge in [0.15, 0.2) is 5.58 Å². The maximum absolute atomic E-state index is 9.47. The smallest absolute Gasteiger partial charge is 0.167 e. The maximum Gasteiger partial charge on any atom is 0.167 e. The summed E-state index contributed by atoms with van der Waals surface area (Å²) in [6.45, 7) is 0. The minimum absolute atomic E-state index is 0.216. The van der Waals surface area contributed by atoms with Crippen molar-refractivity contribution < 1.29 is 9.63 Å². The van der Waals surface area contributed by atoms with E-state index in [0.717, 1.165) is 26.7 Å². The summed E-state index contributed by atoms with van der Waals surface area (Å²) in [5.41, 5.74) is 2.30. The highest BCUT2D eigenvalue weighted by Crippen LogP contribution is 2.31. The molecule has 0 bridgehead atoms. The summed E-state index contributed by atoms with van der Waals surface area (Å²) < 4.78 is 6.21. The summed E-state index contributed by atoms with van der Waals surface area (Å²) in [4.78, 5) is 0. The van der Waals surface area contributed by atoms with Crippen LogP contribution < -0.4 is 0 Å². The zero-order valence-corrected chi connectivity index (χ0v) is 10.3. The topological polar surface area (TPSA) is 46.3 Å². The third kappa shape index (κ3) is 1.80. The van der Waals surface area contributed by atoms with Gasteiger partial charge in [0.2, 0.25) is 0 Å². The molecule has 84 valence electrons. The van der Waals surface area contributed by atoms with E-state index in [1.54, 1.807) is 18.2 Å². The lowest BCUT2D eigenvalue weighted by Gasteiger charge is -1.98. The number of halogens is 1. The predicted octanol–water partition coefficient (Wildman–Crippen LogP) is 3.96. The highest BCUT2D eigenvalue weighted by Gasteiger charge is 2.10. The minimum atomic E-state index is 0.216. The third-order valence-corrected chi connectivity index (χ3v) is 3.04. The van der Waals surface area contributed by atoms with Crippen LogP contribution in [0.15, 0.2) is 51.5 Å². The van der Waals surface area contributed by atoms with Gasteiger partial charge in [0.1, 0.15) is 11.4 Å². The van der Waals surface area contributed by atoms with Crippen LogP contribution in [0, 0.1) is 0 Å². The zero-order chi connectivity index (χ0) is 11.8. The van der Waals surface area contributed by atoms with Crippen molar-refractivity contribution >= 4 is 26.9 Å². The van der Waals surface area contributed by atoms with Crippen molar-refractivity contribution in [3.63, 3.8) is 0 Å². The second-order valence-corrected chi connectivity index (χ2v) is 4.64. The van der Waals surface area contributed by atoms with Gasteiger partial charge in [0.05, 0.1) is 5.39 Å². The number of benzene rings is 2. The van der Waals surface area contributed by atoms with Crippen LogP contribution in [-0.2, 0) is 0 Å². The number of aromatic nitrogens is 1. The van der Waals surface area contributed by atoms with Gasteiger partial charge in [-0.1, -0.05) is 33.2 Å². The molecule has 1 N–H and O–H groups in total. The van der Waals surface area contributed by atoms with Crippen molar-refractivity contribution in [1.29, 1.82) is 0 Å². The van der Waals surface area contributed by atoms with Crippen LogP contribution in [0.4, 0.5) is 0 Å². The van der Waals surface area contributed by atoms with Gasteiger partial charge in [-0.3, -0.25) is 0 Å². The zero-order valence-electron chi connectivity index (χ0n) is 8.72. The lowest BCUT2D eigenvalue weighted by atomic mass is 10.1. The van der Waals surface area contributed by atoms with Gasteiger partial charge in [-0.2, -0.15) is 0 Å². The highest BCUT2D eigenvalue weighted by molar-refractivity contribution is 9.10. The molecule has 2 aromatic carbocycles. The Balaban J connectivity index is 2.27. The predicted molar refractivity (Wildman–Crippen MR) is 68.8 cm³/mol. The molecule has 0 amide bonds. The average Bonchev–Trinajstić information content (AvgIpc) is 2.71.